The van der Waals surface area contributed by atoms with Gasteiger partial charge in [0.05, 0.1) is 36.0 Å². The second-order valence-electron chi connectivity index (χ2n) is 6.27. The molecule has 0 radical (unpaired) electrons. The lowest BCUT2D eigenvalue weighted by atomic mass is 10.1. The first-order valence-electron chi connectivity index (χ1n) is 8.07. The molecule has 5 rings (SSSR count). The highest BCUT2D eigenvalue weighted by atomic mass is 16.1. The van der Waals surface area contributed by atoms with Crippen LogP contribution >= 0.6 is 0 Å². The van der Waals surface area contributed by atoms with E-state index in [9.17, 15) is 4.79 Å². The fraction of sp³-hybridized carbons (Fsp3) is 0.294. The summed E-state index contributed by atoms with van der Waals surface area (Å²) in [7, 11) is 0. The molecule has 1 saturated heterocycles. The monoisotopic (exact) mass is 320 g/mol. The summed E-state index contributed by atoms with van der Waals surface area (Å²) >= 11 is 0. The SMILES string of the molecule is Cc1ncn2c1Cn1nc([C@H]3CCC(=O)N3)nc1-c1ccccc1-2. The van der Waals surface area contributed by atoms with Crippen molar-refractivity contribution in [3.05, 3.63) is 47.8 Å². The third kappa shape index (κ3) is 1.84. The molecule has 7 heteroatoms. The van der Waals surface area contributed by atoms with E-state index in [2.05, 4.69) is 27.0 Å². The molecular weight excluding hydrogens is 304 g/mol. The summed E-state index contributed by atoms with van der Waals surface area (Å²) < 4.78 is 4.03. The Morgan fingerprint density at radius 1 is 1.29 bits per heavy atom. The number of hydrogen-bond donors (Lipinski definition) is 1. The topological polar surface area (TPSA) is 77.6 Å². The second kappa shape index (κ2) is 4.77. The van der Waals surface area contributed by atoms with E-state index in [0.29, 0.717) is 18.8 Å². The van der Waals surface area contributed by atoms with Crippen LogP contribution in [0.25, 0.3) is 17.1 Å². The average molecular weight is 320 g/mol. The van der Waals surface area contributed by atoms with E-state index in [1.807, 2.05) is 30.1 Å². The van der Waals surface area contributed by atoms with Crippen molar-refractivity contribution >= 4 is 5.91 Å². The predicted octanol–water partition coefficient (Wildman–Crippen LogP) is 1.75. The zero-order chi connectivity index (χ0) is 16.3. The molecule has 4 heterocycles. The molecule has 24 heavy (non-hydrogen) atoms. The van der Waals surface area contributed by atoms with Crippen LogP contribution in [-0.4, -0.2) is 30.2 Å². The number of amides is 1. The van der Waals surface area contributed by atoms with E-state index in [0.717, 1.165) is 34.9 Å². The van der Waals surface area contributed by atoms with Gasteiger partial charge in [-0.1, -0.05) is 12.1 Å². The first kappa shape index (κ1) is 13.5. The minimum absolute atomic E-state index is 0.0688. The highest BCUT2D eigenvalue weighted by Gasteiger charge is 2.29. The third-order valence-corrected chi connectivity index (χ3v) is 4.77. The number of aromatic nitrogens is 5. The zero-order valence-corrected chi connectivity index (χ0v) is 13.2. The number of benzene rings is 1. The lowest BCUT2D eigenvalue weighted by Gasteiger charge is -2.08. The number of carbonyl (C=O) groups excluding carboxylic acids is 1. The van der Waals surface area contributed by atoms with Gasteiger partial charge in [0.25, 0.3) is 0 Å². The summed E-state index contributed by atoms with van der Waals surface area (Å²) in [6.45, 7) is 2.62. The molecule has 2 aromatic heterocycles. The van der Waals surface area contributed by atoms with E-state index in [1.54, 1.807) is 0 Å². The molecule has 1 N–H and O–H groups in total. The molecule has 2 aliphatic rings. The first-order valence-corrected chi connectivity index (χ1v) is 8.07. The highest BCUT2D eigenvalue weighted by Crippen LogP contribution is 2.32. The van der Waals surface area contributed by atoms with E-state index < -0.39 is 0 Å². The van der Waals surface area contributed by atoms with Crippen molar-refractivity contribution in [2.24, 2.45) is 0 Å². The quantitative estimate of drug-likeness (QED) is 0.579. The zero-order valence-electron chi connectivity index (χ0n) is 13.2. The Balaban J connectivity index is 1.70. The number of aryl methyl sites for hydroxylation is 1. The second-order valence-corrected chi connectivity index (χ2v) is 6.27. The maximum Gasteiger partial charge on any atom is 0.220 e. The number of nitrogens with zero attached hydrogens (tertiary/aromatic N) is 5. The number of para-hydroxylation sites is 1. The van der Waals surface area contributed by atoms with Gasteiger partial charge in [0.2, 0.25) is 5.91 Å². The number of carbonyl (C=O) groups is 1. The number of fused-ring (bicyclic) bond motifs is 5. The van der Waals surface area contributed by atoms with Gasteiger partial charge in [0.1, 0.15) is 0 Å². The fourth-order valence-electron chi connectivity index (χ4n) is 3.50. The van der Waals surface area contributed by atoms with Gasteiger partial charge >= 0.3 is 0 Å². The highest BCUT2D eigenvalue weighted by molar-refractivity contribution is 5.78. The van der Waals surface area contributed by atoms with Crippen LogP contribution in [0.5, 0.6) is 0 Å². The average Bonchev–Trinajstić information content (AvgIpc) is 3.27. The van der Waals surface area contributed by atoms with Gasteiger partial charge < -0.3 is 9.88 Å². The van der Waals surface area contributed by atoms with Crippen LogP contribution in [0, 0.1) is 6.92 Å². The van der Waals surface area contributed by atoms with Gasteiger partial charge in [0, 0.05) is 12.0 Å². The fourth-order valence-corrected chi connectivity index (χ4v) is 3.50. The van der Waals surface area contributed by atoms with Gasteiger partial charge in [-0.15, -0.1) is 0 Å². The number of hydrogen-bond acceptors (Lipinski definition) is 4. The van der Waals surface area contributed by atoms with Crippen molar-refractivity contribution in [2.45, 2.75) is 32.4 Å². The van der Waals surface area contributed by atoms with Crippen molar-refractivity contribution in [1.82, 2.24) is 29.6 Å². The summed E-state index contributed by atoms with van der Waals surface area (Å²) in [6.07, 6.45) is 3.14. The summed E-state index contributed by atoms with van der Waals surface area (Å²) in [6, 6.07) is 8.06. The Morgan fingerprint density at radius 3 is 3.00 bits per heavy atom. The van der Waals surface area contributed by atoms with Crippen molar-refractivity contribution in [1.29, 1.82) is 0 Å². The van der Waals surface area contributed by atoms with Crippen LogP contribution < -0.4 is 5.32 Å². The largest absolute Gasteiger partial charge is 0.346 e. The van der Waals surface area contributed by atoms with Gasteiger partial charge in [-0.2, -0.15) is 5.10 Å². The predicted molar refractivity (Wildman–Crippen MR) is 86.5 cm³/mol. The Bertz CT molecular complexity index is 969. The number of imidazole rings is 1. The van der Waals surface area contributed by atoms with Gasteiger partial charge in [-0.3, -0.25) is 4.79 Å². The summed E-state index contributed by atoms with van der Waals surface area (Å²) in [5.74, 6) is 1.60. The lowest BCUT2D eigenvalue weighted by Crippen LogP contribution is -2.19. The minimum atomic E-state index is -0.0879. The van der Waals surface area contributed by atoms with Crippen molar-refractivity contribution < 1.29 is 4.79 Å². The smallest absolute Gasteiger partial charge is 0.220 e. The van der Waals surface area contributed by atoms with Crippen molar-refractivity contribution in [3.63, 3.8) is 0 Å². The summed E-state index contributed by atoms with van der Waals surface area (Å²) in [5, 5.41) is 7.65. The normalized spacial score (nSPS) is 18.5. The number of rotatable bonds is 1. The molecule has 7 nitrogen and oxygen atoms in total. The van der Waals surface area contributed by atoms with Crippen molar-refractivity contribution in [3.8, 4) is 17.1 Å². The molecule has 0 saturated carbocycles. The molecule has 1 aromatic carbocycles. The Labute approximate surface area is 138 Å². The van der Waals surface area contributed by atoms with E-state index in [4.69, 9.17) is 10.1 Å². The van der Waals surface area contributed by atoms with Crippen LogP contribution in [0.3, 0.4) is 0 Å². The molecular formula is C17H16N6O. The van der Waals surface area contributed by atoms with Crippen LogP contribution in [0.4, 0.5) is 0 Å². The van der Waals surface area contributed by atoms with Crippen molar-refractivity contribution in [2.75, 3.05) is 0 Å². The van der Waals surface area contributed by atoms with Crippen LogP contribution in [-0.2, 0) is 11.3 Å². The molecule has 1 amide bonds. The Morgan fingerprint density at radius 2 is 2.17 bits per heavy atom. The molecule has 0 unspecified atom stereocenters. The maximum absolute atomic E-state index is 11.5. The molecule has 120 valence electrons. The molecule has 3 aromatic rings. The summed E-state index contributed by atoms with van der Waals surface area (Å²) in [5.41, 5.74) is 4.18. The summed E-state index contributed by atoms with van der Waals surface area (Å²) in [4.78, 5) is 20.7. The van der Waals surface area contributed by atoms with Crippen LogP contribution in [0.15, 0.2) is 30.6 Å². The van der Waals surface area contributed by atoms with Crippen LogP contribution in [0.1, 0.15) is 36.1 Å². The molecule has 0 spiro atoms. The number of nitrogens with one attached hydrogen (secondary N) is 1. The maximum atomic E-state index is 11.5. The molecule has 0 aliphatic carbocycles. The first-order chi connectivity index (χ1) is 11.7. The molecule has 1 atom stereocenters. The van der Waals surface area contributed by atoms with E-state index >= 15 is 0 Å². The third-order valence-electron chi connectivity index (χ3n) is 4.77. The Hall–Kier alpha value is -2.96. The minimum Gasteiger partial charge on any atom is -0.346 e. The van der Waals surface area contributed by atoms with E-state index in [1.165, 1.54) is 0 Å². The molecule has 0 bridgehead atoms. The van der Waals surface area contributed by atoms with E-state index in [-0.39, 0.29) is 11.9 Å². The standard InChI is InChI=1S/C17H16N6O/c1-10-14-8-23-17(20-16(21-23)12-6-7-15(24)19-12)11-4-2-3-5-13(11)22(14)9-18-10/h2-5,9,12H,6-8H2,1H3,(H,19,24)/t12-/m1/s1. The molecule has 1 fully saturated rings. The lowest BCUT2D eigenvalue weighted by molar-refractivity contribution is -0.119. The van der Waals surface area contributed by atoms with Gasteiger partial charge in [-0.05, 0) is 25.5 Å². The Kier molecular flexibility index (Phi) is 2.68. The van der Waals surface area contributed by atoms with Gasteiger partial charge in [-0.25, -0.2) is 14.6 Å². The molecule has 2 aliphatic heterocycles. The van der Waals surface area contributed by atoms with Gasteiger partial charge in [0.15, 0.2) is 11.6 Å². The van der Waals surface area contributed by atoms with Crippen LogP contribution in [0.2, 0.25) is 0 Å².